The molecule has 1 rings (SSSR count). The predicted molar refractivity (Wildman–Crippen MR) is 64.6 cm³/mol. The number of carbonyl (C=O) groups is 1. The highest BCUT2D eigenvalue weighted by molar-refractivity contribution is 5.92. The van der Waals surface area contributed by atoms with Crippen LogP contribution in [-0.4, -0.2) is 21.7 Å². The lowest BCUT2D eigenvalue weighted by molar-refractivity contribution is 0.0936. The minimum absolute atomic E-state index is 0.0968. The molecule has 4 nitrogen and oxygen atoms in total. The molecule has 0 bridgehead atoms. The minimum atomic E-state index is -0.110. The molecule has 0 aliphatic rings. The number of carbonyl (C=O) groups excluding carboxylic acids is 1. The van der Waals surface area contributed by atoms with Crippen LogP contribution in [0.5, 0.6) is 0 Å². The van der Waals surface area contributed by atoms with Crippen LogP contribution in [0.3, 0.4) is 0 Å². The van der Waals surface area contributed by atoms with Crippen molar-refractivity contribution in [2.24, 2.45) is 0 Å². The normalized spacial score (nSPS) is 11.9. The van der Waals surface area contributed by atoms with Gasteiger partial charge in [-0.1, -0.05) is 0 Å². The van der Waals surface area contributed by atoms with Crippen LogP contribution in [-0.2, 0) is 5.54 Å². The molecule has 0 spiro atoms. The molecular weight excluding hydrogens is 202 g/mol. The molecule has 1 heterocycles. The van der Waals surface area contributed by atoms with Gasteiger partial charge >= 0.3 is 0 Å². The van der Waals surface area contributed by atoms with Gasteiger partial charge < -0.3 is 5.32 Å². The Hall–Kier alpha value is -1.32. The Labute approximate surface area is 97.0 Å². The van der Waals surface area contributed by atoms with E-state index in [0.29, 0.717) is 5.69 Å². The quantitative estimate of drug-likeness (QED) is 0.834. The molecule has 1 N–H and O–H groups in total. The second-order valence-electron chi connectivity index (χ2n) is 5.38. The molecule has 4 heteroatoms. The van der Waals surface area contributed by atoms with E-state index < -0.39 is 0 Å². The topological polar surface area (TPSA) is 46.9 Å². The van der Waals surface area contributed by atoms with Gasteiger partial charge in [0.25, 0.3) is 5.91 Å². The van der Waals surface area contributed by atoms with Gasteiger partial charge in [0.15, 0.2) is 0 Å². The third-order valence-electron chi connectivity index (χ3n) is 2.18. The fraction of sp³-hybridized carbons (Fsp3) is 0.667. The van der Waals surface area contributed by atoms with Crippen LogP contribution < -0.4 is 5.32 Å². The van der Waals surface area contributed by atoms with Crippen LogP contribution >= 0.6 is 0 Å². The van der Waals surface area contributed by atoms with Crippen LogP contribution in [0.25, 0.3) is 0 Å². The molecule has 0 radical (unpaired) electrons. The summed E-state index contributed by atoms with van der Waals surface area (Å²) in [5.41, 5.74) is 1.39. The Bertz CT molecular complexity index is 385. The average molecular weight is 223 g/mol. The summed E-state index contributed by atoms with van der Waals surface area (Å²) in [6.07, 6.45) is 0. The van der Waals surface area contributed by atoms with Crippen molar-refractivity contribution < 1.29 is 4.79 Å². The van der Waals surface area contributed by atoms with E-state index in [1.807, 2.05) is 31.5 Å². The fourth-order valence-corrected chi connectivity index (χ4v) is 1.60. The highest BCUT2D eigenvalue weighted by Crippen LogP contribution is 2.16. The summed E-state index contributed by atoms with van der Waals surface area (Å²) in [6, 6.07) is 1.95. The van der Waals surface area contributed by atoms with Crippen LogP contribution in [0.4, 0.5) is 0 Å². The number of amides is 1. The lowest BCUT2D eigenvalue weighted by Crippen LogP contribution is -2.31. The maximum atomic E-state index is 11.8. The maximum Gasteiger partial charge on any atom is 0.271 e. The molecule has 0 fully saturated rings. The molecule has 0 aliphatic carbocycles. The Morgan fingerprint density at radius 2 is 2.00 bits per heavy atom. The smallest absolute Gasteiger partial charge is 0.271 e. The Morgan fingerprint density at radius 1 is 1.44 bits per heavy atom. The molecule has 1 amide bonds. The third kappa shape index (κ3) is 2.84. The van der Waals surface area contributed by atoms with Crippen LogP contribution in [0, 0.1) is 6.92 Å². The van der Waals surface area contributed by atoms with Crippen molar-refractivity contribution in [1.29, 1.82) is 0 Å². The Balaban J connectivity index is 2.97. The van der Waals surface area contributed by atoms with E-state index in [-0.39, 0.29) is 17.5 Å². The summed E-state index contributed by atoms with van der Waals surface area (Å²) >= 11 is 0. The summed E-state index contributed by atoms with van der Waals surface area (Å²) in [7, 11) is 0. The zero-order chi connectivity index (χ0) is 12.5. The molecule has 90 valence electrons. The molecule has 1 aromatic heterocycles. The first-order valence-corrected chi connectivity index (χ1v) is 5.60. The summed E-state index contributed by atoms with van der Waals surface area (Å²) in [6.45, 7) is 12.0. The Kier molecular flexibility index (Phi) is 3.41. The zero-order valence-corrected chi connectivity index (χ0v) is 11.0. The SMILES string of the molecule is Cc1cc(C(=O)NC(C)C)nn1C(C)(C)C. The summed E-state index contributed by atoms with van der Waals surface area (Å²) < 4.78 is 1.88. The van der Waals surface area contributed by atoms with Gasteiger partial charge in [0.1, 0.15) is 5.69 Å². The van der Waals surface area contributed by atoms with Gasteiger partial charge in [0.2, 0.25) is 0 Å². The van der Waals surface area contributed by atoms with Gasteiger partial charge in [0, 0.05) is 11.7 Å². The highest BCUT2D eigenvalue weighted by atomic mass is 16.2. The molecule has 0 saturated carbocycles. The zero-order valence-electron chi connectivity index (χ0n) is 11.0. The van der Waals surface area contributed by atoms with E-state index in [0.717, 1.165) is 5.69 Å². The van der Waals surface area contributed by atoms with E-state index in [2.05, 4.69) is 31.2 Å². The van der Waals surface area contributed by atoms with Crippen molar-refractivity contribution in [1.82, 2.24) is 15.1 Å². The highest BCUT2D eigenvalue weighted by Gasteiger charge is 2.20. The first kappa shape index (κ1) is 12.7. The van der Waals surface area contributed by atoms with Crippen molar-refractivity contribution in [3.8, 4) is 0 Å². The second kappa shape index (κ2) is 4.28. The van der Waals surface area contributed by atoms with E-state index in [9.17, 15) is 4.79 Å². The summed E-state index contributed by atoms with van der Waals surface area (Å²) in [5.74, 6) is -0.110. The van der Waals surface area contributed by atoms with Gasteiger partial charge in [-0.15, -0.1) is 0 Å². The number of hydrogen-bond acceptors (Lipinski definition) is 2. The number of rotatable bonds is 2. The predicted octanol–water partition coefficient (Wildman–Crippen LogP) is 2.08. The van der Waals surface area contributed by atoms with Crippen LogP contribution in [0.2, 0.25) is 0 Å². The van der Waals surface area contributed by atoms with Crippen molar-refractivity contribution in [2.45, 2.75) is 53.1 Å². The van der Waals surface area contributed by atoms with E-state index >= 15 is 0 Å². The second-order valence-corrected chi connectivity index (χ2v) is 5.38. The maximum absolute atomic E-state index is 11.8. The number of nitrogens with one attached hydrogen (secondary N) is 1. The van der Waals surface area contributed by atoms with Gasteiger partial charge in [0.05, 0.1) is 5.54 Å². The number of hydrogen-bond donors (Lipinski definition) is 1. The molecule has 1 aromatic rings. The third-order valence-corrected chi connectivity index (χ3v) is 2.18. The number of nitrogens with zero attached hydrogens (tertiary/aromatic N) is 2. The monoisotopic (exact) mass is 223 g/mol. The van der Waals surface area contributed by atoms with Crippen molar-refractivity contribution >= 4 is 5.91 Å². The minimum Gasteiger partial charge on any atom is -0.348 e. The van der Waals surface area contributed by atoms with E-state index in [4.69, 9.17) is 0 Å². The molecule has 0 atom stereocenters. The van der Waals surface area contributed by atoms with E-state index in [1.54, 1.807) is 0 Å². The Morgan fingerprint density at radius 3 is 2.38 bits per heavy atom. The van der Waals surface area contributed by atoms with Gasteiger partial charge in [-0.05, 0) is 47.6 Å². The molecule has 0 aliphatic heterocycles. The van der Waals surface area contributed by atoms with Gasteiger partial charge in [-0.2, -0.15) is 5.10 Å². The van der Waals surface area contributed by atoms with Crippen molar-refractivity contribution in [3.05, 3.63) is 17.5 Å². The molecular formula is C12H21N3O. The van der Waals surface area contributed by atoms with Gasteiger partial charge in [-0.25, -0.2) is 0 Å². The van der Waals surface area contributed by atoms with Crippen LogP contribution in [0.1, 0.15) is 50.8 Å². The number of aryl methyl sites for hydroxylation is 1. The van der Waals surface area contributed by atoms with Gasteiger partial charge in [-0.3, -0.25) is 9.48 Å². The van der Waals surface area contributed by atoms with Crippen molar-refractivity contribution in [2.75, 3.05) is 0 Å². The largest absolute Gasteiger partial charge is 0.348 e. The van der Waals surface area contributed by atoms with Crippen LogP contribution in [0.15, 0.2) is 6.07 Å². The lowest BCUT2D eigenvalue weighted by Gasteiger charge is -2.21. The molecule has 16 heavy (non-hydrogen) atoms. The molecule has 0 saturated heterocycles. The molecule has 0 aromatic carbocycles. The summed E-state index contributed by atoms with van der Waals surface area (Å²) in [5, 5.41) is 7.17. The lowest BCUT2D eigenvalue weighted by atomic mass is 10.1. The van der Waals surface area contributed by atoms with Crippen molar-refractivity contribution in [3.63, 3.8) is 0 Å². The first-order chi connectivity index (χ1) is 7.21. The van der Waals surface area contributed by atoms with E-state index in [1.165, 1.54) is 0 Å². The summed E-state index contributed by atoms with van der Waals surface area (Å²) in [4.78, 5) is 11.8. The first-order valence-electron chi connectivity index (χ1n) is 5.60. The average Bonchev–Trinajstić information content (AvgIpc) is 2.44. The number of aromatic nitrogens is 2. The molecule has 0 unspecified atom stereocenters. The fourth-order valence-electron chi connectivity index (χ4n) is 1.60. The standard InChI is InChI=1S/C12H21N3O/c1-8(2)13-11(16)10-7-9(3)15(14-10)12(4,5)6/h7-8H,1-6H3,(H,13,16).